The Morgan fingerprint density at radius 2 is 1.74 bits per heavy atom. The van der Waals surface area contributed by atoms with Crippen LogP contribution >= 0.6 is 0 Å². The lowest BCUT2D eigenvalue weighted by atomic mass is 10.2. The summed E-state index contributed by atoms with van der Waals surface area (Å²) in [5.74, 6) is -0.647. The molecule has 23 heavy (non-hydrogen) atoms. The third-order valence-corrected chi connectivity index (χ3v) is 3.36. The van der Waals surface area contributed by atoms with E-state index in [9.17, 15) is 18.0 Å². The number of ether oxygens (including phenoxy) is 2. The molecule has 0 atom stereocenters. The van der Waals surface area contributed by atoms with Crippen LogP contribution in [0.25, 0.3) is 0 Å². The van der Waals surface area contributed by atoms with Gasteiger partial charge in [0, 0.05) is 0 Å². The summed E-state index contributed by atoms with van der Waals surface area (Å²) < 4.78 is 32.1. The van der Waals surface area contributed by atoms with Crippen LogP contribution in [0.5, 0.6) is 0 Å². The highest BCUT2D eigenvalue weighted by atomic mass is 32.2. The van der Waals surface area contributed by atoms with E-state index in [1.807, 2.05) is 0 Å². The van der Waals surface area contributed by atoms with Crippen LogP contribution in [0, 0.1) is 0 Å². The van der Waals surface area contributed by atoms with Gasteiger partial charge in [0.1, 0.15) is 18.8 Å². The molecule has 0 spiro atoms. The van der Waals surface area contributed by atoms with Crippen LogP contribution in [0.3, 0.4) is 0 Å². The Labute approximate surface area is 135 Å². The molecule has 0 heterocycles. The molecular formula is C14H20N2O6S. The van der Waals surface area contributed by atoms with Crippen LogP contribution in [0.1, 0.15) is 26.3 Å². The third-order valence-electron chi connectivity index (χ3n) is 2.43. The average molecular weight is 344 g/mol. The molecule has 128 valence electrons. The van der Waals surface area contributed by atoms with Crippen LogP contribution in [0.2, 0.25) is 0 Å². The fraction of sp³-hybridized carbons (Fsp3) is 0.429. The molecule has 1 aromatic rings. The Hall–Kier alpha value is -2.13. The van der Waals surface area contributed by atoms with Crippen LogP contribution in [0.4, 0.5) is 4.79 Å². The van der Waals surface area contributed by atoms with Crippen molar-refractivity contribution in [1.82, 2.24) is 5.32 Å². The van der Waals surface area contributed by atoms with Gasteiger partial charge >= 0.3 is 12.1 Å². The second kappa shape index (κ2) is 7.42. The van der Waals surface area contributed by atoms with Gasteiger partial charge < -0.3 is 14.8 Å². The third kappa shape index (κ3) is 7.61. The minimum atomic E-state index is -3.75. The summed E-state index contributed by atoms with van der Waals surface area (Å²) >= 11 is 0. The van der Waals surface area contributed by atoms with E-state index < -0.39 is 27.7 Å². The topological polar surface area (TPSA) is 125 Å². The maximum Gasteiger partial charge on any atom is 0.408 e. The lowest BCUT2D eigenvalue weighted by molar-refractivity contribution is -0.143. The fourth-order valence-electron chi connectivity index (χ4n) is 1.45. The minimum Gasteiger partial charge on any atom is -0.460 e. The summed E-state index contributed by atoms with van der Waals surface area (Å²) in [6.45, 7) is 4.73. The molecule has 0 fully saturated rings. The highest BCUT2D eigenvalue weighted by Crippen LogP contribution is 2.09. The zero-order chi connectivity index (χ0) is 17.7. The number of carbonyl (C=O) groups is 2. The second-order valence-corrected chi connectivity index (χ2v) is 7.27. The summed E-state index contributed by atoms with van der Waals surface area (Å²) in [6.07, 6.45) is -0.716. The van der Waals surface area contributed by atoms with Gasteiger partial charge in [0.15, 0.2) is 0 Å². The van der Waals surface area contributed by atoms with Gasteiger partial charge in [0.2, 0.25) is 10.0 Å². The molecule has 0 aliphatic rings. The molecule has 1 aromatic carbocycles. The molecule has 0 saturated heterocycles. The highest BCUT2D eigenvalue weighted by molar-refractivity contribution is 7.89. The number of rotatable bonds is 5. The van der Waals surface area contributed by atoms with Crippen molar-refractivity contribution in [1.29, 1.82) is 0 Å². The average Bonchev–Trinajstić information content (AvgIpc) is 2.40. The minimum absolute atomic E-state index is 0.0285. The quantitative estimate of drug-likeness (QED) is 0.765. The molecule has 1 amide bonds. The van der Waals surface area contributed by atoms with E-state index in [2.05, 4.69) is 5.32 Å². The number of hydrogen-bond donors (Lipinski definition) is 2. The highest BCUT2D eigenvalue weighted by Gasteiger charge is 2.17. The number of sulfonamides is 1. The Balaban J connectivity index is 2.40. The molecule has 0 bridgehead atoms. The van der Waals surface area contributed by atoms with E-state index in [0.29, 0.717) is 5.56 Å². The molecular weight excluding hydrogens is 324 g/mol. The first-order valence-corrected chi connectivity index (χ1v) is 8.26. The van der Waals surface area contributed by atoms with Crippen molar-refractivity contribution >= 4 is 22.1 Å². The smallest absolute Gasteiger partial charge is 0.408 e. The number of carbonyl (C=O) groups excluding carboxylic acids is 2. The Morgan fingerprint density at radius 3 is 2.22 bits per heavy atom. The van der Waals surface area contributed by atoms with E-state index >= 15 is 0 Å². The first kappa shape index (κ1) is 18.9. The van der Waals surface area contributed by atoms with Crippen LogP contribution in [0.15, 0.2) is 29.2 Å². The monoisotopic (exact) mass is 344 g/mol. The molecule has 3 N–H and O–H groups in total. The zero-order valence-corrected chi connectivity index (χ0v) is 14.0. The van der Waals surface area contributed by atoms with Gasteiger partial charge in [-0.15, -0.1) is 0 Å². The summed E-state index contributed by atoms with van der Waals surface area (Å²) in [7, 11) is -3.75. The molecule has 0 radical (unpaired) electrons. The predicted octanol–water partition coefficient (Wildman–Crippen LogP) is 0.902. The first-order chi connectivity index (χ1) is 10.5. The molecule has 8 nitrogen and oxygen atoms in total. The number of benzene rings is 1. The van der Waals surface area contributed by atoms with Crippen molar-refractivity contribution in [2.75, 3.05) is 6.54 Å². The van der Waals surface area contributed by atoms with Gasteiger partial charge in [-0.3, -0.25) is 4.79 Å². The van der Waals surface area contributed by atoms with Crippen LogP contribution in [-0.2, 0) is 30.9 Å². The molecule has 0 unspecified atom stereocenters. The Bertz CT molecular complexity index is 662. The van der Waals surface area contributed by atoms with Gasteiger partial charge in [-0.1, -0.05) is 12.1 Å². The number of hydrogen-bond acceptors (Lipinski definition) is 6. The van der Waals surface area contributed by atoms with Gasteiger partial charge in [-0.05, 0) is 38.5 Å². The Morgan fingerprint density at radius 1 is 1.17 bits per heavy atom. The second-order valence-electron chi connectivity index (χ2n) is 5.71. The molecule has 0 aromatic heterocycles. The standard InChI is InChI=1S/C14H20N2O6S/c1-14(2,3)22-13(18)16-8-12(17)21-9-10-4-6-11(7-5-10)23(15,19)20/h4-7H,8-9H2,1-3H3,(H,16,18)(H2,15,19,20). The van der Waals surface area contributed by atoms with Crippen LogP contribution < -0.4 is 10.5 Å². The summed E-state index contributed by atoms with van der Waals surface area (Å²) in [6, 6.07) is 5.59. The first-order valence-electron chi connectivity index (χ1n) is 6.71. The summed E-state index contributed by atoms with van der Waals surface area (Å²) in [5, 5.41) is 7.25. The molecule has 0 saturated carbocycles. The maximum atomic E-state index is 11.5. The normalized spacial score (nSPS) is 11.7. The van der Waals surface area contributed by atoms with Gasteiger partial charge in [-0.2, -0.15) is 0 Å². The molecule has 0 aliphatic carbocycles. The van der Waals surface area contributed by atoms with E-state index in [-0.39, 0.29) is 18.0 Å². The largest absolute Gasteiger partial charge is 0.460 e. The van der Waals surface area contributed by atoms with Crippen molar-refractivity contribution in [2.24, 2.45) is 5.14 Å². The lowest BCUT2D eigenvalue weighted by Gasteiger charge is -2.19. The van der Waals surface area contributed by atoms with Crippen molar-refractivity contribution < 1.29 is 27.5 Å². The number of nitrogens with one attached hydrogen (secondary N) is 1. The molecule has 9 heteroatoms. The number of primary sulfonamides is 1. The molecule has 0 aliphatic heterocycles. The SMILES string of the molecule is CC(C)(C)OC(=O)NCC(=O)OCc1ccc(S(N)(=O)=O)cc1. The van der Waals surface area contributed by atoms with Crippen molar-refractivity contribution in [3.05, 3.63) is 29.8 Å². The van der Waals surface area contributed by atoms with Crippen molar-refractivity contribution in [3.63, 3.8) is 0 Å². The number of nitrogens with two attached hydrogens (primary N) is 1. The van der Waals surface area contributed by atoms with Gasteiger partial charge in [0.05, 0.1) is 4.90 Å². The summed E-state index contributed by atoms with van der Waals surface area (Å²) in [5.41, 5.74) is -0.0676. The number of esters is 1. The van der Waals surface area contributed by atoms with Gasteiger partial charge in [0.25, 0.3) is 0 Å². The summed E-state index contributed by atoms with van der Waals surface area (Å²) in [4.78, 5) is 22.8. The number of amides is 1. The van der Waals surface area contributed by atoms with Crippen molar-refractivity contribution in [2.45, 2.75) is 37.9 Å². The fourth-order valence-corrected chi connectivity index (χ4v) is 1.96. The zero-order valence-electron chi connectivity index (χ0n) is 13.2. The van der Waals surface area contributed by atoms with E-state index in [4.69, 9.17) is 14.6 Å². The van der Waals surface area contributed by atoms with E-state index in [1.165, 1.54) is 24.3 Å². The van der Waals surface area contributed by atoms with E-state index in [0.717, 1.165) is 0 Å². The lowest BCUT2D eigenvalue weighted by Crippen LogP contribution is -2.36. The van der Waals surface area contributed by atoms with Crippen LogP contribution in [-0.4, -0.2) is 32.6 Å². The van der Waals surface area contributed by atoms with Crippen molar-refractivity contribution in [3.8, 4) is 0 Å². The Kier molecular flexibility index (Phi) is 6.11. The molecule has 1 rings (SSSR count). The van der Waals surface area contributed by atoms with E-state index in [1.54, 1.807) is 20.8 Å². The van der Waals surface area contributed by atoms with Gasteiger partial charge in [-0.25, -0.2) is 18.4 Å². The number of alkyl carbamates (subject to hydrolysis) is 1. The predicted molar refractivity (Wildman–Crippen MR) is 81.8 cm³/mol. The maximum absolute atomic E-state index is 11.5.